The zero-order valence-electron chi connectivity index (χ0n) is 12.4. The van der Waals surface area contributed by atoms with Gasteiger partial charge in [0.25, 0.3) is 0 Å². The molecule has 1 heterocycles. The van der Waals surface area contributed by atoms with Crippen molar-refractivity contribution < 1.29 is 4.39 Å². The lowest BCUT2D eigenvalue weighted by Crippen LogP contribution is -2.04. The molecule has 3 aromatic rings. The van der Waals surface area contributed by atoms with Crippen LogP contribution in [0.2, 0.25) is 0 Å². The lowest BCUT2D eigenvalue weighted by molar-refractivity contribution is 0.625. The van der Waals surface area contributed by atoms with Gasteiger partial charge in [0.05, 0.1) is 0 Å². The van der Waals surface area contributed by atoms with Gasteiger partial charge < -0.3 is 9.88 Å². The minimum absolute atomic E-state index is 0.176. The molecule has 0 fully saturated rings. The highest BCUT2D eigenvalue weighted by molar-refractivity contribution is 5.84. The van der Waals surface area contributed by atoms with Crippen molar-refractivity contribution in [1.82, 2.24) is 9.88 Å². The van der Waals surface area contributed by atoms with Crippen LogP contribution < -0.4 is 5.32 Å². The number of para-hydroxylation sites is 1. The summed E-state index contributed by atoms with van der Waals surface area (Å²) in [5, 5.41) is 4.48. The van der Waals surface area contributed by atoms with Gasteiger partial charge in [0.15, 0.2) is 0 Å². The lowest BCUT2D eigenvalue weighted by atomic mass is 10.1. The Morgan fingerprint density at radius 2 is 1.90 bits per heavy atom. The van der Waals surface area contributed by atoms with Crippen LogP contribution in [0.25, 0.3) is 10.9 Å². The molecule has 1 aromatic heterocycles. The summed E-state index contributed by atoms with van der Waals surface area (Å²) < 4.78 is 15.5. The Kier molecular flexibility index (Phi) is 3.76. The van der Waals surface area contributed by atoms with Crippen LogP contribution in [-0.4, -0.2) is 11.6 Å². The van der Waals surface area contributed by atoms with E-state index in [1.807, 2.05) is 20.0 Å². The molecule has 0 bridgehead atoms. The number of hydrogen-bond acceptors (Lipinski definition) is 1. The predicted molar refractivity (Wildman–Crippen MR) is 84.9 cm³/mol. The monoisotopic (exact) mass is 282 g/mol. The fourth-order valence-electron chi connectivity index (χ4n) is 2.81. The molecular weight excluding hydrogens is 263 g/mol. The SMILES string of the molecule is CNCc1cn(Cc2ccc(F)cc2C)c2ccccc12. The maximum Gasteiger partial charge on any atom is 0.123 e. The van der Waals surface area contributed by atoms with Gasteiger partial charge in [-0.1, -0.05) is 24.3 Å². The molecule has 0 amide bonds. The van der Waals surface area contributed by atoms with E-state index in [0.717, 1.165) is 24.2 Å². The summed E-state index contributed by atoms with van der Waals surface area (Å²) >= 11 is 0. The second kappa shape index (κ2) is 5.70. The van der Waals surface area contributed by atoms with Crippen molar-refractivity contribution in [3.05, 3.63) is 71.2 Å². The second-order valence-corrected chi connectivity index (χ2v) is 5.40. The Bertz CT molecular complexity index is 774. The summed E-state index contributed by atoms with van der Waals surface area (Å²) in [6.07, 6.45) is 2.18. The zero-order valence-corrected chi connectivity index (χ0v) is 12.4. The number of rotatable bonds is 4. The Morgan fingerprint density at radius 3 is 2.67 bits per heavy atom. The van der Waals surface area contributed by atoms with Gasteiger partial charge in [0.1, 0.15) is 5.82 Å². The molecule has 3 heteroatoms. The molecule has 0 spiro atoms. The first-order valence-corrected chi connectivity index (χ1v) is 7.15. The minimum Gasteiger partial charge on any atom is -0.343 e. The summed E-state index contributed by atoms with van der Waals surface area (Å²) in [6, 6.07) is 13.4. The van der Waals surface area contributed by atoms with Crippen LogP contribution in [0.1, 0.15) is 16.7 Å². The molecule has 2 aromatic carbocycles. The number of hydrogen-bond donors (Lipinski definition) is 1. The highest BCUT2D eigenvalue weighted by Crippen LogP contribution is 2.23. The van der Waals surface area contributed by atoms with Crippen LogP contribution in [0.5, 0.6) is 0 Å². The molecule has 1 N–H and O–H groups in total. The maximum atomic E-state index is 13.2. The molecule has 0 saturated carbocycles. The molecular formula is C18H19FN2. The van der Waals surface area contributed by atoms with Crippen LogP contribution in [0.3, 0.4) is 0 Å². The molecule has 3 rings (SSSR count). The third-order valence-electron chi connectivity index (χ3n) is 3.88. The van der Waals surface area contributed by atoms with Gasteiger partial charge in [0.2, 0.25) is 0 Å². The smallest absolute Gasteiger partial charge is 0.123 e. The van der Waals surface area contributed by atoms with Crippen LogP contribution >= 0.6 is 0 Å². The summed E-state index contributed by atoms with van der Waals surface area (Å²) in [7, 11) is 1.95. The predicted octanol–water partition coefficient (Wildman–Crippen LogP) is 3.86. The van der Waals surface area contributed by atoms with Crippen molar-refractivity contribution in [2.24, 2.45) is 0 Å². The van der Waals surface area contributed by atoms with Crippen molar-refractivity contribution in [2.45, 2.75) is 20.0 Å². The van der Waals surface area contributed by atoms with Gasteiger partial charge in [-0.25, -0.2) is 4.39 Å². The van der Waals surface area contributed by atoms with E-state index in [-0.39, 0.29) is 5.82 Å². The van der Waals surface area contributed by atoms with E-state index in [1.54, 1.807) is 6.07 Å². The Balaban J connectivity index is 2.04. The summed E-state index contributed by atoms with van der Waals surface area (Å²) in [6.45, 7) is 3.56. The largest absolute Gasteiger partial charge is 0.343 e. The fourth-order valence-corrected chi connectivity index (χ4v) is 2.81. The fraction of sp³-hybridized carbons (Fsp3) is 0.222. The maximum absolute atomic E-state index is 13.2. The molecule has 108 valence electrons. The number of aromatic nitrogens is 1. The zero-order chi connectivity index (χ0) is 14.8. The standard InChI is InChI=1S/C18H19FN2/c1-13-9-16(19)8-7-14(13)11-21-12-15(10-20-2)17-5-3-4-6-18(17)21/h3-9,12,20H,10-11H2,1-2H3. The van der Waals surface area contributed by atoms with Crippen molar-refractivity contribution in [2.75, 3.05) is 7.05 Å². The van der Waals surface area contributed by atoms with Crippen LogP contribution in [0, 0.1) is 12.7 Å². The summed E-state index contributed by atoms with van der Waals surface area (Å²) in [5.41, 5.74) is 4.63. The average molecular weight is 282 g/mol. The van der Waals surface area contributed by atoms with E-state index < -0.39 is 0 Å². The lowest BCUT2D eigenvalue weighted by Gasteiger charge is -2.08. The highest BCUT2D eigenvalue weighted by atomic mass is 19.1. The average Bonchev–Trinajstić information content (AvgIpc) is 2.81. The van der Waals surface area contributed by atoms with E-state index in [2.05, 4.69) is 40.3 Å². The molecule has 2 nitrogen and oxygen atoms in total. The first-order valence-electron chi connectivity index (χ1n) is 7.15. The van der Waals surface area contributed by atoms with E-state index in [0.29, 0.717) is 0 Å². The van der Waals surface area contributed by atoms with E-state index in [1.165, 1.54) is 22.5 Å². The van der Waals surface area contributed by atoms with Gasteiger partial charge in [-0.3, -0.25) is 0 Å². The van der Waals surface area contributed by atoms with Crippen molar-refractivity contribution in [3.63, 3.8) is 0 Å². The number of halogens is 1. The van der Waals surface area contributed by atoms with Gasteiger partial charge in [-0.2, -0.15) is 0 Å². The first kappa shape index (κ1) is 13.8. The molecule has 0 unspecified atom stereocenters. The Hall–Kier alpha value is -2.13. The van der Waals surface area contributed by atoms with Crippen LogP contribution in [0.15, 0.2) is 48.7 Å². The number of benzene rings is 2. The minimum atomic E-state index is -0.176. The molecule has 21 heavy (non-hydrogen) atoms. The summed E-state index contributed by atoms with van der Waals surface area (Å²) in [4.78, 5) is 0. The third-order valence-corrected chi connectivity index (χ3v) is 3.88. The number of nitrogens with one attached hydrogen (secondary N) is 1. The number of fused-ring (bicyclic) bond motifs is 1. The van der Waals surface area contributed by atoms with Gasteiger partial charge in [-0.15, -0.1) is 0 Å². The van der Waals surface area contributed by atoms with E-state index in [9.17, 15) is 4.39 Å². The van der Waals surface area contributed by atoms with Gasteiger partial charge in [-0.05, 0) is 48.9 Å². The number of aryl methyl sites for hydroxylation is 1. The summed E-state index contributed by atoms with van der Waals surface area (Å²) in [5.74, 6) is -0.176. The van der Waals surface area contributed by atoms with Gasteiger partial charge in [0, 0.05) is 30.2 Å². The number of nitrogens with zero attached hydrogens (tertiary/aromatic N) is 1. The topological polar surface area (TPSA) is 17.0 Å². The van der Waals surface area contributed by atoms with Crippen molar-refractivity contribution in [3.8, 4) is 0 Å². The van der Waals surface area contributed by atoms with E-state index in [4.69, 9.17) is 0 Å². The Morgan fingerprint density at radius 1 is 1.10 bits per heavy atom. The third kappa shape index (κ3) is 2.69. The molecule has 0 saturated heterocycles. The van der Waals surface area contributed by atoms with Crippen LogP contribution in [0.4, 0.5) is 4.39 Å². The van der Waals surface area contributed by atoms with E-state index >= 15 is 0 Å². The van der Waals surface area contributed by atoms with Crippen LogP contribution in [-0.2, 0) is 13.1 Å². The highest BCUT2D eigenvalue weighted by Gasteiger charge is 2.09. The normalized spacial score (nSPS) is 11.2. The van der Waals surface area contributed by atoms with Gasteiger partial charge >= 0.3 is 0 Å². The molecule has 0 aliphatic heterocycles. The first-order chi connectivity index (χ1) is 10.2. The Labute approximate surface area is 124 Å². The quantitative estimate of drug-likeness (QED) is 0.769. The molecule has 0 aliphatic rings. The van der Waals surface area contributed by atoms with Crippen molar-refractivity contribution in [1.29, 1.82) is 0 Å². The molecule has 0 aliphatic carbocycles. The molecule has 0 atom stereocenters. The molecule has 0 radical (unpaired) electrons. The van der Waals surface area contributed by atoms with Crippen molar-refractivity contribution >= 4 is 10.9 Å². The second-order valence-electron chi connectivity index (χ2n) is 5.40.